The number of aliphatic hydroxyl groups is 1. The number of rotatable bonds is 6. The Balaban J connectivity index is 1.24. The first kappa shape index (κ1) is 23.1. The number of amides is 1. The number of carbonyl (C=O) groups is 1. The highest BCUT2D eigenvalue weighted by Crippen LogP contribution is 2.35. The van der Waals surface area contributed by atoms with Crippen molar-refractivity contribution in [3.8, 4) is 0 Å². The van der Waals surface area contributed by atoms with E-state index in [0.29, 0.717) is 18.0 Å². The Morgan fingerprint density at radius 3 is 2.62 bits per heavy atom. The first-order valence-electron chi connectivity index (χ1n) is 12.9. The molecule has 34 heavy (non-hydrogen) atoms. The number of benzene rings is 3. The number of aliphatic hydroxyl groups excluding tert-OH is 1. The lowest BCUT2D eigenvalue weighted by Gasteiger charge is -2.33. The summed E-state index contributed by atoms with van der Waals surface area (Å²) in [4.78, 5) is 14.7. The van der Waals surface area contributed by atoms with Crippen molar-refractivity contribution < 1.29 is 9.90 Å². The zero-order valence-electron chi connectivity index (χ0n) is 20.1. The standard InChI is InChI=1S/C30H36N2O2/c1-21(28-13-5-8-23-7-2-3-12-29(23)28)31-26-10-4-9-25(19-26)22-14-16-24(17-15-22)30(34)32-18-6-11-27(32)20-33/h2-3,5,7-8,12-17,21,25-27,31,33H,4,6,9-11,18-20H2,1H3/t21-,25?,26?,27?/m1/s1. The van der Waals surface area contributed by atoms with E-state index in [1.165, 1.54) is 41.2 Å². The normalized spacial score (nSPS) is 23.8. The van der Waals surface area contributed by atoms with Crippen LogP contribution in [-0.2, 0) is 0 Å². The summed E-state index contributed by atoms with van der Waals surface area (Å²) in [5, 5.41) is 16.1. The Morgan fingerprint density at radius 2 is 1.79 bits per heavy atom. The lowest BCUT2D eigenvalue weighted by molar-refractivity contribution is 0.0677. The molecule has 4 atom stereocenters. The maximum atomic E-state index is 12.9. The summed E-state index contributed by atoms with van der Waals surface area (Å²) in [6.45, 7) is 3.08. The van der Waals surface area contributed by atoms with Gasteiger partial charge in [0.25, 0.3) is 5.91 Å². The fourth-order valence-corrected chi connectivity index (χ4v) is 6.07. The molecule has 178 valence electrons. The van der Waals surface area contributed by atoms with Gasteiger partial charge in [-0.05, 0) is 79.0 Å². The Hall–Kier alpha value is -2.69. The number of hydrogen-bond donors (Lipinski definition) is 2. The molecule has 0 spiro atoms. The molecule has 0 aromatic heterocycles. The van der Waals surface area contributed by atoms with Crippen molar-refractivity contribution >= 4 is 16.7 Å². The van der Waals surface area contributed by atoms with Gasteiger partial charge in [-0.1, -0.05) is 61.0 Å². The summed E-state index contributed by atoms with van der Waals surface area (Å²) >= 11 is 0. The zero-order valence-corrected chi connectivity index (χ0v) is 20.1. The van der Waals surface area contributed by atoms with Crippen LogP contribution in [0.25, 0.3) is 10.8 Å². The molecule has 0 bridgehead atoms. The van der Waals surface area contributed by atoms with Gasteiger partial charge >= 0.3 is 0 Å². The molecule has 2 fully saturated rings. The molecular weight excluding hydrogens is 420 g/mol. The molecule has 1 heterocycles. The SMILES string of the molecule is C[C@@H](NC1CCCC(c2ccc(C(=O)N3CCCC3CO)cc2)C1)c1cccc2ccccc12. The summed E-state index contributed by atoms with van der Waals surface area (Å²) in [6, 6.07) is 24.3. The third-order valence-corrected chi connectivity index (χ3v) is 7.93. The monoisotopic (exact) mass is 456 g/mol. The van der Waals surface area contributed by atoms with E-state index < -0.39 is 0 Å². The summed E-state index contributed by atoms with van der Waals surface area (Å²) in [5.41, 5.74) is 3.44. The van der Waals surface area contributed by atoms with E-state index in [1.807, 2.05) is 17.0 Å². The molecule has 1 aliphatic carbocycles. The minimum atomic E-state index is -0.0268. The predicted octanol–water partition coefficient (Wildman–Crippen LogP) is 5.81. The van der Waals surface area contributed by atoms with E-state index in [9.17, 15) is 9.90 Å². The van der Waals surface area contributed by atoms with Gasteiger partial charge in [-0.3, -0.25) is 4.79 Å². The molecule has 2 aliphatic rings. The molecule has 1 saturated carbocycles. The van der Waals surface area contributed by atoms with Crippen molar-refractivity contribution in [3.05, 3.63) is 83.4 Å². The topological polar surface area (TPSA) is 52.6 Å². The fourth-order valence-electron chi connectivity index (χ4n) is 6.07. The highest BCUT2D eigenvalue weighted by molar-refractivity contribution is 5.94. The van der Waals surface area contributed by atoms with Crippen molar-refractivity contribution in [1.29, 1.82) is 0 Å². The molecule has 5 rings (SSSR count). The second kappa shape index (κ2) is 10.3. The smallest absolute Gasteiger partial charge is 0.254 e. The van der Waals surface area contributed by atoms with Crippen molar-refractivity contribution in [1.82, 2.24) is 10.2 Å². The number of nitrogens with one attached hydrogen (secondary N) is 1. The molecule has 4 nitrogen and oxygen atoms in total. The quantitative estimate of drug-likeness (QED) is 0.492. The van der Waals surface area contributed by atoms with Crippen molar-refractivity contribution in [2.45, 2.75) is 69.5 Å². The Kier molecular flexibility index (Phi) is 6.98. The molecule has 1 aliphatic heterocycles. The number of carbonyl (C=O) groups excluding carboxylic acids is 1. The Bertz CT molecular complexity index is 1120. The Labute approximate surface area is 203 Å². The van der Waals surface area contributed by atoms with Crippen LogP contribution in [0.3, 0.4) is 0 Å². The maximum absolute atomic E-state index is 12.9. The molecule has 2 N–H and O–H groups in total. The third kappa shape index (κ3) is 4.75. The average molecular weight is 457 g/mol. The highest BCUT2D eigenvalue weighted by Gasteiger charge is 2.29. The van der Waals surface area contributed by atoms with Gasteiger partial charge in [0.05, 0.1) is 12.6 Å². The molecule has 4 heteroatoms. The molecule has 0 radical (unpaired) electrons. The summed E-state index contributed by atoms with van der Waals surface area (Å²) in [5.74, 6) is 0.572. The number of likely N-dealkylation sites (tertiary alicyclic amines) is 1. The first-order chi connectivity index (χ1) is 16.6. The average Bonchev–Trinajstić information content (AvgIpc) is 3.37. The molecule has 1 saturated heterocycles. The maximum Gasteiger partial charge on any atom is 0.254 e. The third-order valence-electron chi connectivity index (χ3n) is 7.93. The molecular formula is C30H36N2O2. The van der Waals surface area contributed by atoms with Crippen LogP contribution in [0, 0.1) is 0 Å². The van der Waals surface area contributed by atoms with E-state index in [1.54, 1.807) is 0 Å². The van der Waals surface area contributed by atoms with E-state index in [2.05, 4.69) is 66.8 Å². The van der Waals surface area contributed by atoms with E-state index in [0.717, 1.165) is 31.4 Å². The van der Waals surface area contributed by atoms with Crippen molar-refractivity contribution in [2.75, 3.05) is 13.2 Å². The van der Waals surface area contributed by atoms with Gasteiger partial charge in [0, 0.05) is 24.2 Å². The van der Waals surface area contributed by atoms with Gasteiger partial charge in [-0.25, -0.2) is 0 Å². The van der Waals surface area contributed by atoms with Crippen LogP contribution in [0.2, 0.25) is 0 Å². The molecule has 3 unspecified atom stereocenters. The van der Waals surface area contributed by atoms with Crippen LogP contribution in [0.1, 0.15) is 78.9 Å². The highest BCUT2D eigenvalue weighted by atomic mass is 16.3. The van der Waals surface area contributed by atoms with Crippen LogP contribution in [0.4, 0.5) is 0 Å². The van der Waals surface area contributed by atoms with Crippen LogP contribution in [-0.4, -0.2) is 41.1 Å². The van der Waals surface area contributed by atoms with Crippen LogP contribution in [0.15, 0.2) is 66.7 Å². The van der Waals surface area contributed by atoms with Gasteiger partial charge in [-0.2, -0.15) is 0 Å². The number of nitrogens with zero attached hydrogens (tertiary/aromatic N) is 1. The fraction of sp³-hybridized carbons (Fsp3) is 0.433. The largest absolute Gasteiger partial charge is 0.394 e. The Morgan fingerprint density at radius 1 is 1.00 bits per heavy atom. The van der Waals surface area contributed by atoms with Crippen molar-refractivity contribution in [2.24, 2.45) is 0 Å². The van der Waals surface area contributed by atoms with Gasteiger partial charge < -0.3 is 15.3 Å². The van der Waals surface area contributed by atoms with Gasteiger partial charge in [0.2, 0.25) is 0 Å². The molecule has 3 aromatic rings. The number of fused-ring (bicyclic) bond motifs is 1. The minimum Gasteiger partial charge on any atom is -0.394 e. The van der Waals surface area contributed by atoms with Gasteiger partial charge in [0.1, 0.15) is 0 Å². The van der Waals surface area contributed by atoms with Gasteiger partial charge in [0.15, 0.2) is 0 Å². The number of hydrogen-bond acceptors (Lipinski definition) is 3. The summed E-state index contributed by atoms with van der Waals surface area (Å²) < 4.78 is 0. The van der Waals surface area contributed by atoms with Crippen LogP contribution < -0.4 is 5.32 Å². The van der Waals surface area contributed by atoms with Crippen LogP contribution >= 0.6 is 0 Å². The van der Waals surface area contributed by atoms with Crippen molar-refractivity contribution in [3.63, 3.8) is 0 Å². The first-order valence-corrected chi connectivity index (χ1v) is 12.9. The minimum absolute atomic E-state index is 0.0268. The lowest BCUT2D eigenvalue weighted by atomic mass is 9.80. The predicted molar refractivity (Wildman–Crippen MR) is 138 cm³/mol. The van der Waals surface area contributed by atoms with E-state index in [4.69, 9.17) is 0 Å². The van der Waals surface area contributed by atoms with Crippen LogP contribution in [0.5, 0.6) is 0 Å². The lowest BCUT2D eigenvalue weighted by Crippen LogP contribution is -2.37. The second-order valence-electron chi connectivity index (χ2n) is 10.1. The van der Waals surface area contributed by atoms with E-state index >= 15 is 0 Å². The van der Waals surface area contributed by atoms with Gasteiger partial charge in [-0.15, -0.1) is 0 Å². The van der Waals surface area contributed by atoms with E-state index in [-0.39, 0.29) is 18.6 Å². The summed E-state index contributed by atoms with van der Waals surface area (Å²) in [7, 11) is 0. The second-order valence-corrected chi connectivity index (χ2v) is 10.1. The molecule has 3 aromatic carbocycles. The zero-order chi connectivity index (χ0) is 23.5. The summed E-state index contributed by atoms with van der Waals surface area (Å²) in [6.07, 6.45) is 6.63. The molecule has 1 amide bonds.